The molecule has 0 unspecified atom stereocenters. The molecule has 1 amide bonds. The average Bonchev–Trinajstić information content (AvgIpc) is 2.88. The highest BCUT2D eigenvalue weighted by Crippen LogP contribution is 2.21. The van der Waals surface area contributed by atoms with Crippen LogP contribution in [0.2, 0.25) is 0 Å². The van der Waals surface area contributed by atoms with Gasteiger partial charge in [-0.1, -0.05) is 30.5 Å². The van der Waals surface area contributed by atoms with E-state index in [1.54, 1.807) is 0 Å². The van der Waals surface area contributed by atoms with Gasteiger partial charge in [-0.15, -0.1) is 16.7 Å². The molecule has 0 radical (unpaired) electrons. The van der Waals surface area contributed by atoms with E-state index in [1.807, 2.05) is 38.1 Å². The fourth-order valence-corrected chi connectivity index (χ4v) is 2.53. The molecule has 4 nitrogen and oxygen atoms in total. The molecule has 1 aromatic carbocycles. The summed E-state index contributed by atoms with van der Waals surface area (Å²) in [6.45, 7) is 3.98. The third kappa shape index (κ3) is 3.30. The molecule has 1 heterocycles. The highest BCUT2D eigenvalue weighted by molar-refractivity contribution is 7.08. The molecular formula is C13H14ClN3OS. The van der Waals surface area contributed by atoms with Gasteiger partial charge in [0.05, 0.1) is 5.69 Å². The zero-order chi connectivity index (χ0) is 13.8. The van der Waals surface area contributed by atoms with Crippen molar-refractivity contribution in [3.8, 4) is 0 Å². The van der Waals surface area contributed by atoms with E-state index in [2.05, 4.69) is 14.9 Å². The quantitative estimate of drug-likeness (QED) is 0.876. The summed E-state index contributed by atoms with van der Waals surface area (Å²) >= 11 is 6.89. The summed E-state index contributed by atoms with van der Waals surface area (Å²) in [5.74, 6) is 0.419. The van der Waals surface area contributed by atoms with E-state index in [0.717, 1.165) is 28.5 Å². The van der Waals surface area contributed by atoms with Crippen molar-refractivity contribution < 1.29 is 4.79 Å². The molecule has 0 aliphatic heterocycles. The molecule has 100 valence electrons. The Bertz CT molecular complexity index is 583. The second-order valence-electron chi connectivity index (χ2n) is 4.43. The van der Waals surface area contributed by atoms with Crippen LogP contribution < -0.4 is 5.32 Å². The maximum absolute atomic E-state index is 12.2. The van der Waals surface area contributed by atoms with E-state index in [4.69, 9.17) is 11.6 Å². The number of anilines is 1. The van der Waals surface area contributed by atoms with Gasteiger partial charge >= 0.3 is 0 Å². The van der Waals surface area contributed by atoms with E-state index >= 15 is 0 Å². The second-order valence-corrected chi connectivity index (χ2v) is 5.45. The zero-order valence-electron chi connectivity index (χ0n) is 10.7. The Kier molecular flexibility index (Phi) is 4.50. The highest BCUT2D eigenvalue weighted by atomic mass is 35.5. The summed E-state index contributed by atoms with van der Waals surface area (Å²) in [6, 6.07) is 7.46. The Morgan fingerprint density at radius 2 is 2.26 bits per heavy atom. The lowest BCUT2D eigenvalue weighted by atomic mass is 10.1. The van der Waals surface area contributed by atoms with Crippen molar-refractivity contribution in [1.82, 2.24) is 9.59 Å². The van der Waals surface area contributed by atoms with Gasteiger partial charge in [0, 0.05) is 11.6 Å². The van der Waals surface area contributed by atoms with E-state index in [1.165, 1.54) is 0 Å². The standard InChI is InChI=1S/C13H14ClN3OS/c1-8(2)11-12(19-17-16-11)13(18)15-10-5-3-4-9(6-10)7-14/h3-6,8H,7H2,1-2H3,(H,15,18). The number of hydrogen-bond acceptors (Lipinski definition) is 4. The summed E-state index contributed by atoms with van der Waals surface area (Å²) < 4.78 is 3.85. The van der Waals surface area contributed by atoms with Crippen molar-refractivity contribution in [1.29, 1.82) is 0 Å². The molecule has 0 bridgehead atoms. The lowest BCUT2D eigenvalue weighted by molar-refractivity contribution is 0.102. The number of benzene rings is 1. The molecule has 0 aliphatic carbocycles. The fraction of sp³-hybridized carbons (Fsp3) is 0.308. The van der Waals surface area contributed by atoms with Crippen LogP contribution in [0.5, 0.6) is 0 Å². The molecule has 0 saturated heterocycles. The monoisotopic (exact) mass is 295 g/mol. The van der Waals surface area contributed by atoms with E-state index in [9.17, 15) is 4.79 Å². The Balaban J connectivity index is 2.18. The molecule has 2 aromatic rings. The normalized spacial score (nSPS) is 10.7. The molecule has 0 atom stereocenters. The number of nitrogens with one attached hydrogen (secondary N) is 1. The van der Waals surface area contributed by atoms with Crippen molar-refractivity contribution in [3.05, 3.63) is 40.4 Å². The van der Waals surface area contributed by atoms with Crippen LogP contribution in [-0.2, 0) is 5.88 Å². The van der Waals surface area contributed by atoms with Crippen molar-refractivity contribution in [3.63, 3.8) is 0 Å². The van der Waals surface area contributed by atoms with Gasteiger partial charge < -0.3 is 5.32 Å². The number of rotatable bonds is 4. The minimum atomic E-state index is -0.176. The Morgan fingerprint density at radius 3 is 2.95 bits per heavy atom. The van der Waals surface area contributed by atoms with Crippen LogP contribution in [-0.4, -0.2) is 15.5 Å². The van der Waals surface area contributed by atoms with Gasteiger partial charge in [-0.3, -0.25) is 4.79 Å². The molecule has 0 fully saturated rings. The molecule has 0 spiro atoms. The SMILES string of the molecule is CC(C)c1nnsc1C(=O)Nc1cccc(CCl)c1. The van der Waals surface area contributed by atoms with Crippen LogP contribution >= 0.6 is 23.1 Å². The van der Waals surface area contributed by atoms with Gasteiger partial charge in [0.2, 0.25) is 0 Å². The first-order valence-corrected chi connectivity index (χ1v) is 7.21. The molecular weight excluding hydrogens is 282 g/mol. The summed E-state index contributed by atoms with van der Waals surface area (Å²) in [5, 5.41) is 6.85. The molecule has 19 heavy (non-hydrogen) atoms. The first-order chi connectivity index (χ1) is 9.11. The summed E-state index contributed by atoms with van der Waals surface area (Å²) in [5.41, 5.74) is 2.42. The predicted octanol–water partition coefficient (Wildman–Crippen LogP) is 3.65. The second kappa shape index (κ2) is 6.12. The number of nitrogens with zero attached hydrogens (tertiary/aromatic N) is 2. The Morgan fingerprint density at radius 1 is 1.47 bits per heavy atom. The number of halogens is 1. The van der Waals surface area contributed by atoms with Crippen molar-refractivity contribution in [2.24, 2.45) is 0 Å². The van der Waals surface area contributed by atoms with E-state index in [0.29, 0.717) is 10.8 Å². The van der Waals surface area contributed by atoms with Crippen LogP contribution in [0.4, 0.5) is 5.69 Å². The highest BCUT2D eigenvalue weighted by Gasteiger charge is 2.18. The third-order valence-corrected chi connectivity index (χ3v) is 3.65. The molecule has 1 aromatic heterocycles. The van der Waals surface area contributed by atoms with Gasteiger partial charge in [-0.2, -0.15) is 0 Å². The van der Waals surface area contributed by atoms with E-state index < -0.39 is 0 Å². The minimum Gasteiger partial charge on any atom is -0.321 e. The molecule has 6 heteroatoms. The minimum absolute atomic E-state index is 0.175. The first kappa shape index (κ1) is 14.0. The van der Waals surface area contributed by atoms with E-state index in [-0.39, 0.29) is 11.8 Å². The molecule has 0 aliphatic rings. The summed E-state index contributed by atoms with van der Waals surface area (Å²) in [7, 11) is 0. The van der Waals surface area contributed by atoms with Crippen LogP contribution in [0.15, 0.2) is 24.3 Å². The largest absolute Gasteiger partial charge is 0.321 e. The maximum Gasteiger partial charge on any atom is 0.269 e. The lowest BCUT2D eigenvalue weighted by Gasteiger charge is -2.07. The first-order valence-electron chi connectivity index (χ1n) is 5.90. The maximum atomic E-state index is 12.2. The number of carbonyl (C=O) groups is 1. The Hall–Kier alpha value is -1.46. The number of alkyl halides is 1. The third-order valence-electron chi connectivity index (χ3n) is 2.61. The average molecular weight is 296 g/mol. The molecule has 2 rings (SSSR count). The van der Waals surface area contributed by atoms with Crippen molar-refractivity contribution in [2.45, 2.75) is 25.6 Å². The molecule has 1 N–H and O–H groups in total. The summed E-state index contributed by atoms with van der Waals surface area (Å²) in [4.78, 5) is 12.7. The number of amides is 1. The van der Waals surface area contributed by atoms with Gasteiger partial charge in [0.25, 0.3) is 5.91 Å². The predicted molar refractivity (Wildman–Crippen MR) is 78.0 cm³/mol. The summed E-state index contributed by atoms with van der Waals surface area (Å²) in [6.07, 6.45) is 0. The van der Waals surface area contributed by atoms with Crippen molar-refractivity contribution >= 4 is 34.7 Å². The van der Waals surface area contributed by atoms with Crippen LogP contribution in [0, 0.1) is 0 Å². The van der Waals surface area contributed by atoms with Gasteiger partial charge in [0.15, 0.2) is 0 Å². The smallest absolute Gasteiger partial charge is 0.269 e. The molecule has 0 saturated carbocycles. The van der Waals surface area contributed by atoms with Gasteiger partial charge in [-0.05, 0) is 35.1 Å². The lowest BCUT2D eigenvalue weighted by Crippen LogP contribution is -2.13. The number of carbonyl (C=O) groups excluding carboxylic acids is 1. The van der Waals surface area contributed by atoms with Crippen LogP contribution in [0.25, 0.3) is 0 Å². The van der Waals surface area contributed by atoms with Gasteiger partial charge in [0.1, 0.15) is 4.88 Å². The van der Waals surface area contributed by atoms with Crippen molar-refractivity contribution in [2.75, 3.05) is 5.32 Å². The number of aromatic nitrogens is 2. The number of hydrogen-bond donors (Lipinski definition) is 1. The fourth-order valence-electron chi connectivity index (χ4n) is 1.65. The zero-order valence-corrected chi connectivity index (χ0v) is 12.3. The Labute approximate surface area is 121 Å². The van der Waals surface area contributed by atoms with Crippen LogP contribution in [0.1, 0.15) is 40.7 Å². The van der Waals surface area contributed by atoms with Gasteiger partial charge in [-0.25, -0.2) is 0 Å². The topological polar surface area (TPSA) is 54.9 Å². The van der Waals surface area contributed by atoms with Crippen LogP contribution in [0.3, 0.4) is 0 Å².